The number of hydrogen-bond acceptors (Lipinski definition) is 5. The van der Waals surface area contributed by atoms with Crippen LogP contribution in [0.5, 0.6) is 0 Å². The van der Waals surface area contributed by atoms with Gasteiger partial charge in [0.2, 0.25) is 0 Å². The SMILES string of the molecule is CC1CC=CCC1COCC(O)CNN1CCN(C)CC1. The third kappa shape index (κ3) is 6.04. The molecule has 0 aromatic rings. The van der Waals surface area contributed by atoms with E-state index in [1.165, 1.54) is 0 Å². The molecule has 1 aliphatic heterocycles. The van der Waals surface area contributed by atoms with Crippen LogP contribution in [0.15, 0.2) is 12.2 Å². The molecule has 0 aromatic heterocycles. The minimum Gasteiger partial charge on any atom is -0.389 e. The number of likely N-dealkylation sites (N-methyl/N-ethyl adjacent to an activating group) is 1. The highest BCUT2D eigenvalue weighted by atomic mass is 16.5. The Labute approximate surface area is 128 Å². The summed E-state index contributed by atoms with van der Waals surface area (Å²) >= 11 is 0. The van der Waals surface area contributed by atoms with E-state index in [4.69, 9.17) is 4.74 Å². The zero-order valence-electron chi connectivity index (χ0n) is 13.5. The van der Waals surface area contributed by atoms with Crippen molar-refractivity contribution in [1.82, 2.24) is 15.3 Å². The summed E-state index contributed by atoms with van der Waals surface area (Å²) in [5.41, 5.74) is 3.30. The average Bonchev–Trinajstić information content (AvgIpc) is 2.49. The highest BCUT2D eigenvalue weighted by Gasteiger charge is 2.19. The average molecular weight is 297 g/mol. The predicted molar refractivity (Wildman–Crippen MR) is 84.9 cm³/mol. The Morgan fingerprint density at radius 1 is 1.24 bits per heavy atom. The fraction of sp³-hybridized carbons (Fsp3) is 0.875. The molecule has 1 aliphatic carbocycles. The van der Waals surface area contributed by atoms with Crippen LogP contribution in [-0.4, -0.2) is 74.1 Å². The molecule has 3 unspecified atom stereocenters. The molecule has 0 radical (unpaired) electrons. The van der Waals surface area contributed by atoms with E-state index < -0.39 is 6.10 Å². The lowest BCUT2D eigenvalue weighted by Crippen LogP contribution is -2.52. The third-order valence-electron chi connectivity index (χ3n) is 4.61. The van der Waals surface area contributed by atoms with Gasteiger partial charge in [-0.25, -0.2) is 5.01 Å². The number of hydrogen-bond donors (Lipinski definition) is 2. The second kappa shape index (κ2) is 8.86. The van der Waals surface area contributed by atoms with E-state index >= 15 is 0 Å². The van der Waals surface area contributed by atoms with Gasteiger partial charge < -0.3 is 14.7 Å². The lowest BCUT2D eigenvalue weighted by molar-refractivity contribution is -0.0000911. The van der Waals surface area contributed by atoms with Gasteiger partial charge in [-0.05, 0) is 31.7 Å². The standard InChI is InChI=1S/C16H31N3O2/c1-14-5-3-4-6-15(14)12-21-13-16(20)11-17-19-9-7-18(2)8-10-19/h3-4,14-17,20H,5-13H2,1-2H3. The van der Waals surface area contributed by atoms with Gasteiger partial charge >= 0.3 is 0 Å². The number of rotatable bonds is 7. The quantitative estimate of drug-likeness (QED) is 0.678. The van der Waals surface area contributed by atoms with Crippen LogP contribution < -0.4 is 5.43 Å². The molecular weight excluding hydrogens is 266 g/mol. The summed E-state index contributed by atoms with van der Waals surface area (Å²) in [6, 6.07) is 0. The van der Waals surface area contributed by atoms with Gasteiger partial charge in [0.15, 0.2) is 0 Å². The Bertz CT molecular complexity index is 317. The van der Waals surface area contributed by atoms with Gasteiger partial charge in [0.05, 0.1) is 19.3 Å². The van der Waals surface area contributed by atoms with Gasteiger partial charge in [0.1, 0.15) is 0 Å². The summed E-state index contributed by atoms with van der Waals surface area (Å²) in [5.74, 6) is 1.29. The lowest BCUT2D eigenvalue weighted by atomic mass is 9.85. The fourth-order valence-electron chi connectivity index (χ4n) is 2.85. The molecule has 3 atom stereocenters. The minimum atomic E-state index is -0.431. The van der Waals surface area contributed by atoms with E-state index in [-0.39, 0.29) is 0 Å². The topological polar surface area (TPSA) is 48.0 Å². The first-order valence-electron chi connectivity index (χ1n) is 8.23. The van der Waals surface area contributed by atoms with Crippen molar-refractivity contribution < 1.29 is 9.84 Å². The highest BCUT2D eigenvalue weighted by molar-refractivity contribution is 4.93. The fourth-order valence-corrected chi connectivity index (χ4v) is 2.85. The van der Waals surface area contributed by atoms with Crippen LogP contribution in [0.3, 0.4) is 0 Å². The zero-order chi connectivity index (χ0) is 15.1. The normalized spacial score (nSPS) is 29.7. The molecule has 2 rings (SSSR count). The van der Waals surface area contributed by atoms with Crippen molar-refractivity contribution in [3.8, 4) is 0 Å². The van der Waals surface area contributed by atoms with Gasteiger partial charge in [-0.15, -0.1) is 0 Å². The number of aliphatic hydroxyl groups is 1. The van der Waals surface area contributed by atoms with Crippen molar-refractivity contribution in [3.05, 3.63) is 12.2 Å². The number of hydrazine groups is 1. The smallest absolute Gasteiger partial charge is 0.0911 e. The lowest BCUT2D eigenvalue weighted by Gasteiger charge is -2.33. The number of allylic oxidation sites excluding steroid dienone is 2. The van der Waals surface area contributed by atoms with Crippen molar-refractivity contribution >= 4 is 0 Å². The molecule has 0 spiro atoms. The number of nitrogens with one attached hydrogen (secondary N) is 1. The molecule has 1 heterocycles. The molecule has 2 aliphatic rings. The Morgan fingerprint density at radius 3 is 2.67 bits per heavy atom. The largest absolute Gasteiger partial charge is 0.389 e. The molecule has 5 heteroatoms. The van der Waals surface area contributed by atoms with Crippen LogP contribution in [0.2, 0.25) is 0 Å². The molecule has 1 saturated heterocycles. The van der Waals surface area contributed by atoms with Crippen molar-refractivity contribution in [1.29, 1.82) is 0 Å². The molecule has 21 heavy (non-hydrogen) atoms. The van der Waals surface area contributed by atoms with Crippen molar-refractivity contribution in [3.63, 3.8) is 0 Å². The second-order valence-corrected chi connectivity index (χ2v) is 6.52. The second-order valence-electron chi connectivity index (χ2n) is 6.52. The summed E-state index contributed by atoms with van der Waals surface area (Å²) in [6.07, 6.45) is 6.34. The van der Waals surface area contributed by atoms with Crippen molar-refractivity contribution in [2.75, 3.05) is 53.0 Å². The molecule has 122 valence electrons. The maximum absolute atomic E-state index is 9.99. The minimum absolute atomic E-state index is 0.424. The van der Waals surface area contributed by atoms with E-state index in [2.05, 4.69) is 41.5 Å². The Morgan fingerprint density at radius 2 is 1.95 bits per heavy atom. The van der Waals surface area contributed by atoms with Crippen molar-refractivity contribution in [2.45, 2.75) is 25.9 Å². The van der Waals surface area contributed by atoms with Gasteiger partial charge in [0.25, 0.3) is 0 Å². The Hall–Kier alpha value is -0.460. The molecular formula is C16H31N3O2. The van der Waals surface area contributed by atoms with Gasteiger partial charge in [0, 0.05) is 32.7 Å². The third-order valence-corrected chi connectivity index (χ3v) is 4.61. The van der Waals surface area contributed by atoms with Gasteiger partial charge in [-0.1, -0.05) is 19.1 Å². The highest BCUT2D eigenvalue weighted by Crippen LogP contribution is 2.24. The maximum atomic E-state index is 9.99. The van der Waals surface area contributed by atoms with Gasteiger partial charge in [-0.2, -0.15) is 0 Å². The molecule has 0 saturated carbocycles. The summed E-state index contributed by atoms with van der Waals surface area (Å²) in [7, 11) is 2.14. The van der Waals surface area contributed by atoms with E-state index in [0.29, 0.717) is 25.0 Å². The van der Waals surface area contributed by atoms with E-state index in [1.807, 2.05) is 0 Å². The number of aliphatic hydroxyl groups excluding tert-OH is 1. The first-order valence-corrected chi connectivity index (χ1v) is 8.23. The van der Waals surface area contributed by atoms with E-state index in [0.717, 1.165) is 45.6 Å². The number of nitrogens with zero attached hydrogens (tertiary/aromatic N) is 2. The monoisotopic (exact) mass is 297 g/mol. The molecule has 0 bridgehead atoms. The Balaban J connectivity index is 1.53. The summed E-state index contributed by atoms with van der Waals surface area (Å²) in [5, 5.41) is 12.2. The number of piperazine rings is 1. The molecule has 5 nitrogen and oxygen atoms in total. The molecule has 0 aromatic carbocycles. The van der Waals surface area contributed by atoms with Crippen LogP contribution in [0.1, 0.15) is 19.8 Å². The van der Waals surface area contributed by atoms with Crippen LogP contribution >= 0.6 is 0 Å². The van der Waals surface area contributed by atoms with Gasteiger partial charge in [-0.3, -0.25) is 5.43 Å². The number of ether oxygens (including phenoxy) is 1. The molecule has 1 fully saturated rings. The zero-order valence-corrected chi connectivity index (χ0v) is 13.5. The summed E-state index contributed by atoms with van der Waals surface area (Å²) in [6.45, 7) is 8.21. The van der Waals surface area contributed by atoms with Crippen LogP contribution in [0.25, 0.3) is 0 Å². The van der Waals surface area contributed by atoms with E-state index in [9.17, 15) is 5.11 Å². The first-order chi connectivity index (χ1) is 10.1. The van der Waals surface area contributed by atoms with Crippen LogP contribution in [-0.2, 0) is 4.74 Å². The summed E-state index contributed by atoms with van der Waals surface area (Å²) in [4.78, 5) is 2.32. The van der Waals surface area contributed by atoms with E-state index in [1.54, 1.807) is 0 Å². The Kier molecular flexibility index (Phi) is 7.13. The maximum Gasteiger partial charge on any atom is 0.0911 e. The molecule has 0 amide bonds. The summed E-state index contributed by atoms with van der Waals surface area (Å²) < 4.78 is 5.71. The first kappa shape index (κ1) is 16.9. The predicted octanol–water partition coefficient (Wildman–Crippen LogP) is 0.718. The van der Waals surface area contributed by atoms with Crippen LogP contribution in [0, 0.1) is 11.8 Å². The van der Waals surface area contributed by atoms with Crippen LogP contribution in [0.4, 0.5) is 0 Å². The molecule has 2 N–H and O–H groups in total. The van der Waals surface area contributed by atoms with Crippen molar-refractivity contribution in [2.24, 2.45) is 11.8 Å².